The highest BCUT2D eigenvalue weighted by atomic mass is 16.5. The van der Waals surface area contributed by atoms with E-state index >= 15 is 0 Å². The maximum absolute atomic E-state index is 11.1. The molecule has 0 bridgehead atoms. The number of aldehydes is 1. The molecule has 17 heavy (non-hydrogen) atoms. The van der Waals surface area contributed by atoms with Crippen molar-refractivity contribution in [3.63, 3.8) is 0 Å². The smallest absolute Gasteiger partial charge is 0.305 e. The highest BCUT2D eigenvalue weighted by molar-refractivity contribution is 5.98. The van der Waals surface area contributed by atoms with Crippen LogP contribution in [0.1, 0.15) is 22.5 Å². The third-order valence-electron chi connectivity index (χ3n) is 2.75. The number of ether oxygens (including phenoxy) is 1. The highest BCUT2D eigenvalue weighted by Gasteiger charge is 2.11. The number of aromatic amines is 1. The average Bonchev–Trinajstić information content (AvgIpc) is 2.73. The third kappa shape index (κ3) is 2.20. The van der Waals surface area contributed by atoms with Crippen LogP contribution in [0.2, 0.25) is 0 Å². The number of aromatic nitrogens is 1. The summed E-state index contributed by atoms with van der Waals surface area (Å²) in [5.41, 5.74) is 2.32. The summed E-state index contributed by atoms with van der Waals surface area (Å²) in [7, 11) is 1.36. The van der Waals surface area contributed by atoms with Crippen molar-refractivity contribution in [2.24, 2.45) is 0 Å². The predicted octanol–water partition coefficient (Wildman–Crippen LogP) is 2.09. The zero-order valence-electron chi connectivity index (χ0n) is 9.53. The molecule has 4 heteroatoms. The van der Waals surface area contributed by atoms with Gasteiger partial charge in [-0.3, -0.25) is 9.59 Å². The molecule has 1 aromatic heterocycles. The fourth-order valence-electron chi connectivity index (χ4n) is 1.88. The van der Waals surface area contributed by atoms with E-state index in [0.717, 1.165) is 22.9 Å². The number of hydrogen-bond donors (Lipinski definition) is 1. The summed E-state index contributed by atoms with van der Waals surface area (Å²) >= 11 is 0. The van der Waals surface area contributed by atoms with Crippen LogP contribution in [0.25, 0.3) is 10.9 Å². The van der Waals surface area contributed by atoms with Crippen molar-refractivity contribution in [2.45, 2.75) is 12.8 Å². The molecule has 0 aliphatic carbocycles. The van der Waals surface area contributed by atoms with Gasteiger partial charge >= 0.3 is 5.97 Å². The summed E-state index contributed by atoms with van der Waals surface area (Å²) < 4.78 is 4.58. The Labute approximate surface area is 98.6 Å². The molecule has 0 amide bonds. The summed E-state index contributed by atoms with van der Waals surface area (Å²) in [6.07, 6.45) is 1.57. The highest BCUT2D eigenvalue weighted by Crippen LogP contribution is 2.21. The lowest BCUT2D eigenvalue weighted by atomic mass is 10.1. The van der Waals surface area contributed by atoms with Gasteiger partial charge in [0.25, 0.3) is 0 Å². The van der Waals surface area contributed by atoms with Gasteiger partial charge in [-0.15, -0.1) is 0 Å². The number of H-pyrrole nitrogens is 1. The normalized spacial score (nSPS) is 10.4. The number of para-hydroxylation sites is 1. The zero-order valence-corrected chi connectivity index (χ0v) is 9.53. The van der Waals surface area contributed by atoms with Crippen molar-refractivity contribution in [3.8, 4) is 0 Å². The van der Waals surface area contributed by atoms with Crippen LogP contribution in [0, 0.1) is 0 Å². The molecular formula is C13H13NO3. The molecule has 4 nitrogen and oxygen atoms in total. The Morgan fingerprint density at radius 1 is 1.41 bits per heavy atom. The minimum atomic E-state index is -0.277. The molecule has 1 aromatic carbocycles. The van der Waals surface area contributed by atoms with E-state index in [1.807, 2.05) is 24.3 Å². The van der Waals surface area contributed by atoms with Crippen molar-refractivity contribution >= 4 is 23.2 Å². The third-order valence-corrected chi connectivity index (χ3v) is 2.75. The number of aryl methyl sites for hydroxylation is 1. The van der Waals surface area contributed by atoms with Crippen molar-refractivity contribution in [2.75, 3.05) is 7.11 Å². The van der Waals surface area contributed by atoms with Gasteiger partial charge in [0.05, 0.1) is 13.5 Å². The molecule has 0 saturated carbocycles. The molecule has 0 unspecified atom stereocenters. The maximum atomic E-state index is 11.1. The second kappa shape index (κ2) is 4.82. The SMILES string of the molecule is COC(=O)CCc1[nH]c2ccccc2c1C=O. The van der Waals surface area contributed by atoms with Crippen LogP contribution >= 0.6 is 0 Å². The lowest BCUT2D eigenvalue weighted by molar-refractivity contribution is -0.140. The molecule has 0 aliphatic heterocycles. The van der Waals surface area contributed by atoms with Gasteiger partial charge in [0.1, 0.15) is 0 Å². The predicted molar refractivity (Wildman–Crippen MR) is 64.0 cm³/mol. The molecule has 0 atom stereocenters. The van der Waals surface area contributed by atoms with Gasteiger partial charge in [0, 0.05) is 22.2 Å². The van der Waals surface area contributed by atoms with Gasteiger partial charge in [-0.1, -0.05) is 18.2 Å². The first-order valence-electron chi connectivity index (χ1n) is 5.38. The lowest BCUT2D eigenvalue weighted by Gasteiger charge is -1.98. The van der Waals surface area contributed by atoms with Crippen LogP contribution in [0.3, 0.4) is 0 Å². The van der Waals surface area contributed by atoms with E-state index in [-0.39, 0.29) is 12.4 Å². The van der Waals surface area contributed by atoms with Crippen LogP contribution < -0.4 is 0 Å². The summed E-state index contributed by atoms with van der Waals surface area (Å²) in [5, 5.41) is 0.891. The Morgan fingerprint density at radius 3 is 2.88 bits per heavy atom. The first-order chi connectivity index (χ1) is 8.26. The molecule has 1 heterocycles. The first kappa shape index (κ1) is 11.4. The summed E-state index contributed by atoms with van der Waals surface area (Å²) in [4.78, 5) is 25.3. The number of fused-ring (bicyclic) bond motifs is 1. The summed E-state index contributed by atoms with van der Waals surface area (Å²) in [5.74, 6) is -0.277. The fourth-order valence-corrected chi connectivity index (χ4v) is 1.88. The zero-order chi connectivity index (χ0) is 12.3. The monoisotopic (exact) mass is 231 g/mol. The van der Waals surface area contributed by atoms with Crippen molar-refractivity contribution < 1.29 is 14.3 Å². The van der Waals surface area contributed by atoms with Gasteiger partial charge in [-0.2, -0.15) is 0 Å². The number of esters is 1. The molecule has 1 N–H and O–H groups in total. The summed E-state index contributed by atoms with van der Waals surface area (Å²) in [6, 6.07) is 7.58. The Morgan fingerprint density at radius 2 is 2.18 bits per heavy atom. The van der Waals surface area contributed by atoms with E-state index < -0.39 is 0 Å². The van der Waals surface area contributed by atoms with Gasteiger partial charge in [-0.25, -0.2) is 0 Å². The molecule has 0 aliphatic rings. The number of carbonyl (C=O) groups excluding carboxylic acids is 2. The molecule has 0 radical (unpaired) electrons. The Balaban J connectivity index is 2.33. The van der Waals surface area contributed by atoms with E-state index in [9.17, 15) is 9.59 Å². The van der Waals surface area contributed by atoms with Crippen molar-refractivity contribution in [1.82, 2.24) is 4.98 Å². The van der Waals surface area contributed by atoms with Gasteiger partial charge in [-0.05, 0) is 12.5 Å². The molecule has 2 rings (SSSR count). The van der Waals surface area contributed by atoms with Crippen LogP contribution in [0.4, 0.5) is 0 Å². The quantitative estimate of drug-likeness (QED) is 0.647. The molecule has 0 fully saturated rings. The van der Waals surface area contributed by atoms with Crippen LogP contribution in [0.5, 0.6) is 0 Å². The number of methoxy groups -OCH3 is 1. The van der Waals surface area contributed by atoms with E-state index in [2.05, 4.69) is 9.72 Å². The standard InChI is InChI=1S/C13H13NO3/c1-17-13(16)7-6-12-10(8-15)9-4-2-3-5-11(9)14-12/h2-5,8,14H,6-7H2,1H3. The fraction of sp³-hybridized carbons (Fsp3) is 0.231. The Kier molecular flexibility index (Phi) is 3.23. The molecule has 0 saturated heterocycles. The molecular weight excluding hydrogens is 218 g/mol. The second-order valence-electron chi connectivity index (χ2n) is 3.76. The summed E-state index contributed by atoms with van der Waals surface area (Å²) in [6.45, 7) is 0. The van der Waals surface area contributed by atoms with E-state index in [1.54, 1.807) is 0 Å². The largest absolute Gasteiger partial charge is 0.469 e. The first-order valence-corrected chi connectivity index (χ1v) is 5.38. The minimum absolute atomic E-state index is 0.268. The number of benzene rings is 1. The number of hydrogen-bond acceptors (Lipinski definition) is 3. The van der Waals surface area contributed by atoms with E-state index in [0.29, 0.717) is 12.0 Å². The second-order valence-corrected chi connectivity index (χ2v) is 3.76. The van der Waals surface area contributed by atoms with Crippen LogP contribution in [0.15, 0.2) is 24.3 Å². The van der Waals surface area contributed by atoms with Crippen molar-refractivity contribution in [1.29, 1.82) is 0 Å². The van der Waals surface area contributed by atoms with Gasteiger partial charge in [0.15, 0.2) is 6.29 Å². The molecule has 88 valence electrons. The minimum Gasteiger partial charge on any atom is -0.469 e. The number of nitrogens with one attached hydrogen (secondary N) is 1. The number of carbonyl (C=O) groups is 2. The average molecular weight is 231 g/mol. The van der Waals surface area contributed by atoms with Crippen LogP contribution in [-0.4, -0.2) is 24.3 Å². The van der Waals surface area contributed by atoms with Crippen molar-refractivity contribution in [3.05, 3.63) is 35.5 Å². The van der Waals surface area contributed by atoms with Gasteiger partial charge < -0.3 is 9.72 Å². The van der Waals surface area contributed by atoms with E-state index in [4.69, 9.17) is 0 Å². The molecule has 2 aromatic rings. The number of rotatable bonds is 4. The lowest BCUT2D eigenvalue weighted by Crippen LogP contribution is -2.03. The topological polar surface area (TPSA) is 59.2 Å². The van der Waals surface area contributed by atoms with Gasteiger partial charge in [0.2, 0.25) is 0 Å². The van der Waals surface area contributed by atoms with Crippen LogP contribution in [-0.2, 0) is 16.0 Å². The maximum Gasteiger partial charge on any atom is 0.305 e. The van der Waals surface area contributed by atoms with E-state index in [1.165, 1.54) is 7.11 Å². The Bertz CT molecular complexity index is 557. The molecule has 0 spiro atoms. The Hall–Kier alpha value is -2.10.